The van der Waals surface area contributed by atoms with Crippen molar-refractivity contribution in [2.45, 2.75) is 108 Å². The van der Waals surface area contributed by atoms with E-state index in [0.29, 0.717) is 103 Å². The average molecular weight is 1720 g/mol. The first-order valence-corrected chi connectivity index (χ1v) is 35.6. The number of anilines is 5. The lowest BCUT2D eigenvalue weighted by Gasteiger charge is -2.19. The maximum Gasteiger partial charge on any atom is 0.417 e. The Labute approximate surface area is 710 Å². The lowest BCUT2D eigenvalue weighted by atomic mass is 10.2. The van der Waals surface area contributed by atoms with Crippen LogP contribution < -0.4 is 45.9 Å². The summed E-state index contributed by atoms with van der Waals surface area (Å²) in [5.74, 6) is 1.87. The Balaban J connectivity index is 0.000000255. The largest absolute Gasteiger partial charge is 0.468 e. The molecule has 4 amide bonds. The highest BCUT2D eigenvalue weighted by Crippen LogP contribution is 2.37. The summed E-state index contributed by atoms with van der Waals surface area (Å²) in [6.45, 7) is 10.8. The van der Waals surface area contributed by atoms with Gasteiger partial charge in [-0.2, -0.15) is 33.6 Å². The minimum atomic E-state index is -4.67. The van der Waals surface area contributed by atoms with Gasteiger partial charge in [-0.1, -0.05) is 65.6 Å². The molecule has 0 saturated carbocycles. The van der Waals surface area contributed by atoms with Crippen LogP contribution in [0.5, 0.6) is 46.5 Å². The first kappa shape index (κ1) is 96.4. The molecule has 13 aromatic rings. The number of benzene rings is 5. The minimum Gasteiger partial charge on any atom is -0.468 e. The second-order valence-electron chi connectivity index (χ2n) is 26.4. The van der Waals surface area contributed by atoms with Crippen molar-refractivity contribution in [3.63, 3.8) is 0 Å². The Morgan fingerprint density at radius 2 is 0.756 bits per heavy atom. The summed E-state index contributed by atoms with van der Waals surface area (Å²) in [6, 6.07) is 42.8. The number of alkyl halides is 3. The third-order valence-corrected chi connectivity index (χ3v) is 15.3. The molecule has 0 saturated heterocycles. The van der Waals surface area contributed by atoms with Crippen LogP contribution in [0.2, 0.25) is 5.02 Å². The number of carbonyl (C=O) groups is 6. The van der Waals surface area contributed by atoms with E-state index in [1.54, 1.807) is 200 Å². The van der Waals surface area contributed by atoms with E-state index >= 15 is 0 Å². The number of H-pyrrole nitrogens is 1. The predicted octanol–water partition coefficient (Wildman–Crippen LogP) is 17.7. The number of nitrogen functional groups attached to an aromatic ring is 1. The van der Waals surface area contributed by atoms with Crippen molar-refractivity contribution in [1.82, 2.24) is 79.4 Å². The summed E-state index contributed by atoms with van der Waals surface area (Å²) in [6.07, 6.45) is 6.24. The van der Waals surface area contributed by atoms with E-state index in [1.807, 2.05) is 0 Å². The van der Waals surface area contributed by atoms with Crippen molar-refractivity contribution < 1.29 is 84.6 Å². The molecule has 36 nitrogen and oxygen atoms in total. The number of urea groups is 1. The number of nitrogens with two attached hydrogens (primary N) is 1. The number of ether oxygens (including phenoxy) is 9. The van der Waals surface area contributed by atoms with Gasteiger partial charge in [0.25, 0.3) is 0 Å². The van der Waals surface area contributed by atoms with Crippen LogP contribution in [0.3, 0.4) is 0 Å². The predicted molar refractivity (Wildman–Crippen MR) is 452 cm³/mol. The number of esters is 3. The number of carbonyl (C=O) groups excluding carboxylic acids is 6. The molecule has 40 heteroatoms. The van der Waals surface area contributed by atoms with Gasteiger partial charge in [0.2, 0.25) is 23.5 Å². The van der Waals surface area contributed by atoms with Crippen LogP contribution >= 0.6 is 11.6 Å². The average Bonchev–Trinajstić information content (AvgIpc) is 0.918. The van der Waals surface area contributed by atoms with Crippen molar-refractivity contribution in [2.75, 3.05) is 48.3 Å². The number of hydrogen-bond donors (Lipinski definition) is 6. The van der Waals surface area contributed by atoms with E-state index in [-0.39, 0.29) is 66.9 Å². The summed E-state index contributed by atoms with van der Waals surface area (Å²) in [7, 11) is 3.93. The highest BCUT2D eigenvalue weighted by Gasteiger charge is 2.34. The smallest absolute Gasteiger partial charge is 0.417 e. The molecule has 0 radical (unpaired) electrons. The maximum absolute atomic E-state index is 13.1. The number of rotatable bonds is 22. The van der Waals surface area contributed by atoms with Crippen molar-refractivity contribution in [3.8, 4) is 92.1 Å². The zero-order valence-corrected chi connectivity index (χ0v) is 65.5. The number of methoxy groups -OCH3 is 3. The standard InChI is InChI=1S/C24H18ClF3N6O4.C21H23N5O5.C18H19N5O3.C16H15N5O3.4CH4/c1-37-22(35)12-34-8-7-19(33-34)20-11-21(30-13-29-20)38-16-4-2-3-14(9-16)31-23(36)32-15-5-6-18(25)17(10-15)24(26,27)28;1-21(2,3)31-20(28)24-14-6-5-7-15(10-14)30-18-11-17(22-13-23-18)16-8-9-26(25-16)12-19(27)29-4;1-18(2,3)26-17(24)22-12-5-4-6-13(9-12)25-16-10-15(19-11-20-16)14-7-8-21-23-14;1-23-16(22)9-21-6-5-13(20-21)14-8-15(19-10-18-14)24-12-4-2-3-11(17)7-12;;;;/h2-11,13H,12H2,1H3,(H2,31,32,36);5-11,13H,12H2,1-4H3,(H,24,28);4-11H,1-3H3,(H,21,23)(H,22,24);2-8,10H,9,17H2,1H3;4*1H4. The Bertz CT molecular complexity index is 5660. The Kier molecular flexibility index (Phi) is 35.2. The monoisotopic (exact) mass is 1710 g/mol. The van der Waals surface area contributed by atoms with Crippen molar-refractivity contribution >= 4 is 76.2 Å². The van der Waals surface area contributed by atoms with E-state index < -0.39 is 58.1 Å². The van der Waals surface area contributed by atoms with Crippen molar-refractivity contribution in [1.29, 1.82) is 0 Å². The molecule has 8 aromatic heterocycles. The first-order valence-electron chi connectivity index (χ1n) is 35.3. The molecule has 0 aliphatic rings. The van der Waals surface area contributed by atoms with Gasteiger partial charge >= 0.3 is 42.3 Å². The third-order valence-electron chi connectivity index (χ3n) is 14.9. The van der Waals surface area contributed by atoms with Crippen LogP contribution in [0.1, 0.15) is 76.8 Å². The summed E-state index contributed by atoms with van der Waals surface area (Å²) >= 11 is 5.61. The van der Waals surface area contributed by atoms with E-state index in [0.717, 1.165) is 17.8 Å². The Morgan fingerprint density at radius 1 is 0.415 bits per heavy atom. The molecule has 0 atom stereocenters. The quantitative estimate of drug-likeness (QED) is 0.0208. The summed E-state index contributed by atoms with van der Waals surface area (Å²) in [5, 5.41) is 29.3. The maximum atomic E-state index is 13.1. The second kappa shape index (κ2) is 44.9. The van der Waals surface area contributed by atoms with Crippen LogP contribution in [-0.4, -0.2) is 148 Å². The molecule has 8 heterocycles. The second-order valence-corrected chi connectivity index (χ2v) is 26.9. The molecule has 0 aliphatic carbocycles. The highest BCUT2D eigenvalue weighted by atomic mass is 35.5. The Hall–Kier alpha value is -15.4. The molecule has 0 unspecified atom stereocenters. The zero-order chi connectivity index (χ0) is 85.2. The van der Waals surface area contributed by atoms with Gasteiger partial charge in [-0.3, -0.25) is 44.2 Å². The molecule has 0 fully saturated rings. The van der Waals surface area contributed by atoms with Crippen LogP contribution in [0.15, 0.2) is 214 Å². The first-order chi connectivity index (χ1) is 56.8. The minimum absolute atomic E-state index is 0. The number of amides is 4. The van der Waals surface area contributed by atoms with Gasteiger partial charge in [0, 0.05) is 102 Å². The van der Waals surface area contributed by atoms with Gasteiger partial charge in [0.05, 0.1) is 60.4 Å². The fourth-order valence-corrected chi connectivity index (χ4v) is 10.1. The number of hydrogen-bond acceptors (Lipinski definition) is 28. The molecule has 0 bridgehead atoms. The van der Waals surface area contributed by atoms with Gasteiger partial charge < -0.3 is 59.0 Å². The zero-order valence-electron chi connectivity index (χ0n) is 64.7. The van der Waals surface area contributed by atoms with Crippen LogP contribution in [0.25, 0.3) is 45.6 Å². The topological polar surface area (TPSA) is 445 Å². The Morgan fingerprint density at radius 3 is 1.10 bits per heavy atom. The highest BCUT2D eigenvalue weighted by molar-refractivity contribution is 6.31. The molecule has 0 spiro atoms. The van der Waals surface area contributed by atoms with Gasteiger partial charge in [0.1, 0.15) is 96.2 Å². The summed E-state index contributed by atoms with van der Waals surface area (Å²) in [5.41, 5.74) is 9.97. The normalized spacial score (nSPS) is 10.5. The molecular weight excluding hydrogens is 1620 g/mol. The van der Waals surface area contributed by atoms with Crippen molar-refractivity contribution in [3.05, 3.63) is 224 Å². The third kappa shape index (κ3) is 31.1. The SMILES string of the molecule is C.C.C.C.CC(C)(C)OC(=O)Nc1cccc(Oc2cc(-c3ccn[nH]3)ncn2)c1.COC(=O)Cn1ccc(-c2cc(Oc3cccc(N)c3)ncn2)n1.COC(=O)Cn1ccc(-c2cc(Oc3cccc(NC(=O)Nc4ccc(Cl)c(C(F)(F)F)c4)c3)ncn2)n1.COC(=O)Cn1ccc(-c2cc(Oc3cccc(NC(=O)OC(C)(C)C)c3)ncn2)n1. The number of nitrogens with zero attached hydrogens (tertiary/aromatic N) is 15. The van der Waals surface area contributed by atoms with Crippen LogP contribution in [0.4, 0.5) is 56.0 Å². The summed E-state index contributed by atoms with van der Waals surface area (Å²) in [4.78, 5) is 103. The molecule has 123 heavy (non-hydrogen) atoms. The molecule has 7 N–H and O–H groups in total. The van der Waals surface area contributed by atoms with E-state index in [4.69, 9.17) is 45.8 Å². The summed E-state index contributed by atoms with van der Waals surface area (Å²) < 4.78 is 90.9. The molecule has 0 aliphatic heterocycles. The van der Waals surface area contributed by atoms with E-state index in [9.17, 15) is 41.9 Å². The number of nitrogens with one attached hydrogen (secondary N) is 5. The van der Waals surface area contributed by atoms with Gasteiger partial charge in [-0.05, 0) is 133 Å². The van der Waals surface area contributed by atoms with Crippen LogP contribution in [0, 0.1) is 0 Å². The van der Waals surface area contributed by atoms with Gasteiger partial charge in [0.15, 0.2) is 0 Å². The number of halogens is 4. The lowest BCUT2D eigenvalue weighted by molar-refractivity contribution is -0.142. The van der Waals surface area contributed by atoms with Crippen LogP contribution in [-0.2, 0) is 63.9 Å². The molecular formula is C83H91ClF3N21O15. The number of aromatic nitrogens is 16. The lowest BCUT2D eigenvalue weighted by Crippen LogP contribution is -2.27. The number of aromatic amines is 1. The van der Waals surface area contributed by atoms with Gasteiger partial charge in [-0.15, -0.1) is 0 Å². The molecule has 5 aromatic carbocycles. The van der Waals surface area contributed by atoms with Gasteiger partial charge in [-0.25, -0.2) is 54.3 Å². The van der Waals surface area contributed by atoms with Crippen molar-refractivity contribution in [2.24, 2.45) is 0 Å². The van der Waals surface area contributed by atoms with E-state index in [2.05, 4.69) is 101 Å². The molecule has 646 valence electrons. The fourth-order valence-electron chi connectivity index (χ4n) is 9.83. The van der Waals surface area contributed by atoms with E-state index in [1.165, 1.54) is 78.9 Å². The fraction of sp³-hybridized carbons (Fsp3) is 0.229. The molecule has 13 rings (SSSR count).